The zero-order chi connectivity index (χ0) is 16.7. The zero-order valence-electron chi connectivity index (χ0n) is 12.9. The van der Waals surface area contributed by atoms with E-state index in [1.165, 1.54) is 6.20 Å². The Kier molecular flexibility index (Phi) is 6.11. The third-order valence-electron chi connectivity index (χ3n) is 3.24. The summed E-state index contributed by atoms with van der Waals surface area (Å²) in [4.78, 5) is 22.6. The fourth-order valence-corrected chi connectivity index (χ4v) is 2.15. The van der Waals surface area contributed by atoms with Crippen molar-refractivity contribution in [3.63, 3.8) is 0 Å². The van der Waals surface area contributed by atoms with E-state index in [4.69, 9.17) is 16.3 Å². The molecular weight excluding hydrogens is 314 g/mol. The summed E-state index contributed by atoms with van der Waals surface area (Å²) < 4.78 is 5.53. The number of nitrogens with one attached hydrogen (secondary N) is 1. The van der Waals surface area contributed by atoms with Crippen molar-refractivity contribution in [3.05, 3.63) is 63.5 Å². The standard InChI is InChI=1S/C17H18ClN3O2/c1-3-13(9-15(18)19-2)16-20-10-14(17(22)21-16)23-11-12-7-5-4-6-8-12/h3,5,7-10H,2,4,6,11H2,1H3,(H,20,21,22)/b13-3+,15-9-. The molecule has 1 aromatic heterocycles. The van der Waals surface area contributed by atoms with Crippen LogP contribution < -0.4 is 10.3 Å². The highest BCUT2D eigenvalue weighted by Gasteiger charge is 2.08. The summed E-state index contributed by atoms with van der Waals surface area (Å²) in [7, 11) is 0. The van der Waals surface area contributed by atoms with Gasteiger partial charge in [0.2, 0.25) is 5.75 Å². The van der Waals surface area contributed by atoms with Crippen LogP contribution in [0.25, 0.3) is 5.57 Å². The lowest BCUT2D eigenvalue weighted by molar-refractivity contribution is 0.347. The van der Waals surface area contributed by atoms with Crippen LogP contribution in [-0.4, -0.2) is 23.3 Å². The molecule has 0 spiro atoms. The molecule has 1 aliphatic carbocycles. The van der Waals surface area contributed by atoms with Gasteiger partial charge >= 0.3 is 0 Å². The van der Waals surface area contributed by atoms with Gasteiger partial charge in [-0.2, -0.15) is 0 Å². The topological polar surface area (TPSA) is 67.3 Å². The third kappa shape index (κ3) is 4.79. The minimum atomic E-state index is -0.342. The van der Waals surface area contributed by atoms with Crippen LogP contribution in [0.1, 0.15) is 25.6 Å². The Morgan fingerprint density at radius 2 is 2.39 bits per heavy atom. The number of H-pyrrole nitrogens is 1. The SMILES string of the molecule is C=N/C(Cl)=C\C(=C/C)c1ncc(OCC2=CCCC=C2)c(=O)[nH]1. The molecule has 0 saturated carbocycles. The highest BCUT2D eigenvalue weighted by atomic mass is 35.5. The number of halogens is 1. The number of nitrogens with zero attached hydrogens (tertiary/aromatic N) is 2. The van der Waals surface area contributed by atoms with Crippen molar-refractivity contribution in [1.82, 2.24) is 9.97 Å². The van der Waals surface area contributed by atoms with Crippen molar-refractivity contribution in [2.75, 3.05) is 6.61 Å². The van der Waals surface area contributed by atoms with Crippen molar-refractivity contribution >= 4 is 23.9 Å². The lowest BCUT2D eigenvalue weighted by Crippen LogP contribution is -2.15. The summed E-state index contributed by atoms with van der Waals surface area (Å²) in [5.74, 6) is 0.574. The van der Waals surface area contributed by atoms with Gasteiger partial charge in [0.25, 0.3) is 5.56 Å². The van der Waals surface area contributed by atoms with Crippen LogP contribution in [-0.2, 0) is 0 Å². The van der Waals surface area contributed by atoms with Gasteiger partial charge in [0.05, 0.1) is 6.20 Å². The molecule has 0 radical (unpaired) electrons. The first-order valence-electron chi connectivity index (χ1n) is 7.22. The molecule has 5 nitrogen and oxygen atoms in total. The lowest BCUT2D eigenvalue weighted by atomic mass is 10.1. The molecule has 1 aromatic rings. The highest BCUT2D eigenvalue weighted by molar-refractivity contribution is 6.30. The third-order valence-corrected chi connectivity index (χ3v) is 3.47. The average Bonchev–Trinajstić information content (AvgIpc) is 2.59. The van der Waals surface area contributed by atoms with Gasteiger partial charge in [0, 0.05) is 5.57 Å². The molecule has 23 heavy (non-hydrogen) atoms. The zero-order valence-corrected chi connectivity index (χ0v) is 13.6. The van der Waals surface area contributed by atoms with E-state index in [1.807, 2.05) is 13.0 Å². The van der Waals surface area contributed by atoms with Gasteiger partial charge in [-0.3, -0.25) is 9.79 Å². The molecule has 0 atom stereocenters. The van der Waals surface area contributed by atoms with Crippen molar-refractivity contribution in [1.29, 1.82) is 0 Å². The molecule has 0 unspecified atom stereocenters. The van der Waals surface area contributed by atoms with E-state index in [9.17, 15) is 4.79 Å². The van der Waals surface area contributed by atoms with Crippen LogP contribution in [0.3, 0.4) is 0 Å². The van der Waals surface area contributed by atoms with E-state index in [-0.39, 0.29) is 16.5 Å². The Morgan fingerprint density at radius 3 is 3.00 bits per heavy atom. The number of hydrogen-bond donors (Lipinski definition) is 1. The Labute approximate surface area is 139 Å². The first-order chi connectivity index (χ1) is 11.1. The van der Waals surface area contributed by atoms with Crippen LogP contribution in [0.4, 0.5) is 0 Å². The predicted octanol–water partition coefficient (Wildman–Crippen LogP) is 3.61. The second kappa shape index (κ2) is 8.29. The van der Waals surface area contributed by atoms with Crippen LogP contribution in [0.15, 0.2) is 57.1 Å². The van der Waals surface area contributed by atoms with E-state index in [0.717, 1.165) is 18.4 Å². The summed E-state index contributed by atoms with van der Waals surface area (Å²) in [5, 5.41) is 0.220. The normalized spacial score (nSPS) is 15.3. The van der Waals surface area contributed by atoms with E-state index in [2.05, 4.69) is 33.8 Å². The molecular formula is C17H18ClN3O2. The number of aliphatic imine (C=N–C) groups is 1. The maximum absolute atomic E-state index is 12.1. The molecule has 2 rings (SSSR count). The number of aromatic amines is 1. The molecule has 0 amide bonds. The number of hydrogen-bond acceptors (Lipinski definition) is 4. The minimum Gasteiger partial charge on any atom is -0.482 e. The molecule has 1 aliphatic rings. The van der Waals surface area contributed by atoms with Gasteiger partial charge in [-0.1, -0.05) is 35.9 Å². The quantitative estimate of drug-likeness (QED) is 0.492. The Hall–Kier alpha value is -2.40. The van der Waals surface area contributed by atoms with Crippen molar-refractivity contribution < 1.29 is 4.74 Å². The fraction of sp³-hybridized carbons (Fsp3) is 0.235. The number of rotatable bonds is 6. The van der Waals surface area contributed by atoms with Crippen LogP contribution >= 0.6 is 11.6 Å². The number of allylic oxidation sites excluding steroid dienone is 5. The summed E-state index contributed by atoms with van der Waals surface area (Å²) in [6.45, 7) is 5.50. The van der Waals surface area contributed by atoms with E-state index < -0.39 is 0 Å². The number of ether oxygens (including phenoxy) is 1. The van der Waals surface area contributed by atoms with E-state index in [1.54, 1.807) is 12.2 Å². The first kappa shape index (κ1) is 17.0. The lowest BCUT2D eigenvalue weighted by Gasteiger charge is -2.09. The smallest absolute Gasteiger partial charge is 0.293 e. The van der Waals surface area contributed by atoms with Crippen LogP contribution in [0, 0.1) is 0 Å². The van der Waals surface area contributed by atoms with Crippen LogP contribution in [0.2, 0.25) is 0 Å². The molecule has 0 aromatic carbocycles. The molecule has 0 aliphatic heterocycles. The summed E-state index contributed by atoms with van der Waals surface area (Å²) >= 11 is 5.83. The maximum atomic E-state index is 12.1. The van der Waals surface area contributed by atoms with Gasteiger partial charge in [0.15, 0.2) is 0 Å². The Balaban J connectivity index is 2.14. The van der Waals surface area contributed by atoms with Gasteiger partial charge in [-0.05, 0) is 38.1 Å². The van der Waals surface area contributed by atoms with E-state index >= 15 is 0 Å². The van der Waals surface area contributed by atoms with Gasteiger partial charge in [0.1, 0.15) is 17.6 Å². The Bertz CT molecular complexity index is 757. The highest BCUT2D eigenvalue weighted by Crippen LogP contribution is 2.16. The van der Waals surface area contributed by atoms with Gasteiger partial charge < -0.3 is 9.72 Å². The summed E-state index contributed by atoms with van der Waals surface area (Å²) in [6.07, 6.45) is 13.0. The fourth-order valence-electron chi connectivity index (χ4n) is 2.03. The average molecular weight is 332 g/mol. The van der Waals surface area contributed by atoms with Crippen molar-refractivity contribution in [3.8, 4) is 5.75 Å². The van der Waals surface area contributed by atoms with E-state index in [0.29, 0.717) is 18.0 Å². The summed E-state index contributed by atoms with van der Waals surface area (Å²) in [6, 6.07) is 0. The van der Waals surface area contributed by atoms with Crippen molar-refractivity contribution in [2.24, 2.45) is 4.99 Å². The number of aromatic nitrogens is 2. The predicted molar refractivity (Wildman–Crippen MR) is 93.9 cm³/mol. The summed E-state index contributed by atoms with van der Waals surface area (Å²) in [5.41, 5.74) is 1.36. The minimum absolute atomic E-state index is 0.181. The molecule has 0 bridgehead atoms. The van der Waals surface area contributed by atoms with Crippen LogP contribution in [0.5, 0.6) is 5.75 Å². The molecule has 0 fully saturated rings. The largest absolute Gasteiger partial charge is 0.482 e. The molecule has 1 N–H and O–H groups in total. The molecule has 6 heteroatoms. The van der Waals surface area contributed by atoms with Crippen molar-refractivity contribution in [2.45, 2.75) is 19.8 Å². The van der Waals surface area contributed by atoms with Gasteiger partial charge in [-0.25, -0.2) is 4.98 Å². The molecule has 0 saturated heterocycles. The second-order valence-corrected chi connectivity index (χ2v) is 5.23. The Morgan fingerprint density at radius 1 is 1.57 bits per heavy atom. The monoisotopic (exact) mass is 331 g/mol. The van der Waals surface area contributed by atoms with Gasteiger partial charge in [-0.15, -0.1) is 0 Å². The molecule has 1 heterocycles. The first-order valence-corrected chi connectivity index (χ1v) is 7.60. The maximum Gasteiger partial charge on any atom is 0.293 e. The second-order valence-electron chi connectivity index (χ2n) is 4.84. The molecule has 120 valence electrons.